The molecule has 0 saturated carbocycles. The van der Waals surface area contributed by atoms with Gasteiger partial charge in [0.15, 0.2) is 0 Å². The topological polar surface area (TPSA) is 9.23 Å². The standard InChI is InChI=1S/CH5OP.H3P/c1-2-3;/h3H2,1H3;1H3. The molecule has 0 amide bonds. The van der Waals surface area contributed by atoms with Gasteiger partial charge >= 0.3 is 0 Å². The van der Waals surface area contributed by atoms with Gasteiger partial charge in [0, 0.05) is 7.11 Å². The Morgan fingerprint density at radius 3 is 1.75 bits per heavy atom. The van der Waals surface area contributed by atoms with E-state index in [-0.39, 0.29) is 9.90 Å². The highest BCUT2D eigenvalue weighted by atomic mass is 31.0. The minimum atomic E-state index is 0. The van der Waals surface area contributed by atoms with Crippen LogP contribution in [0.5, 0.6) is 0 Å². The van der Waals surface area contributed by atoms with Gasteiger partial charge in [-0.25, -0.2) is 0 Å². The van der Waals surface area contributed by atoms with Crippen molar-refractivity contribution in [3.63, 3.8) is 0 Å². The number of hydrogen-bond donors (Lipinski definition) is 0. The zero-order chi connectivity index (χ0) is 2.71. The molecule has 0 rings (SSSR count). The van der Waals surface area contributed by atoms with E-state index in [9.17, 15) is 0 Å². The van der Waals surface area contributed by atoms with E-state index >= 15 is 0 Å². The van der Waals surface area contributed by atoms with Gasteiger partial charge in [0.05, 0.1) is 0 Å². The highest BCUT2D eigenvalue weighted by Crippen LogP contribution is 1.68. The van der Waals surface area contributed by atoms with E-state index in [0.29, 0.717) is 0 Å². The third kappa shape index (κ3) is 13.9. The molecular formula is CH8OP2. The highest BCUT2D eigenvalue weighted by Gasteiger charge is 1.25. The number of rotatable bonds is 0. The van der Waals surface area contributed by atoms with E-state index < -0.39 is 0 Å². The average molecular weight is 98.0 g/mol. The van der Waals surface area contributed by atoms with Gasteiger partial charge < -0.3 is 4.52 Å². The normalized spacial score (nSPS) is 4.50. The zero-order valence-electron chi connectivity index (χ0n) is 2.69. The van der Waals surface area contributed by atoms with Crippen molar-refractivity contribution in [2.24, 2.45) is 0 Å². The smallest absolute Gasteiger partial charge is 0.0391 e. The van der Waals surface area contributed by atoms with E-state index in [1.165, 1.54) is 0 Å². The second kappa shape index (κ2) is 9.17. The molecule has 0 saturated heterocycles. The molecular weight excluding hydrogens is 90.0 g/mol. The fraction of sp³-hybridized carbons (Fsp3) is 1.00. The Kier molecular flexibility index (Phi) is 20.3. The molecule has 3 heteroatoms. The summed E-state index contributed by atoms with van der Waals surface area (Å²) in [5.74, 6) is 0. The lowest BCUT2D eigenvalue weighted by Gasteiger charge is -1.60. The Hall–Kier alpha value is 0.820. The summed E-state index contributed by atoms with van der Waals surface area (Å²) < 4.78 is 4.17. The van der Waals surface area contributed by atoms with Crippen molar-refractivity contribution in [1.29, 1.82) is 0 Å². The lowest BCUT2D eigenvalue weighted by Crippen LogP contribution is -1.37. The van der Waals surface area contributed by atoms with Gasteiger partial charge in [0.25, 0.3) is 0 Å². The van der Waals surface area contributed by atoms with Crippen LogP contribution in [0.3, 0.4) is 0 Å². The molecule has 0 fully saturated rings. The quantitative estimate of drug-likeness (QED) is 0.400. The maximum Gasteiger partial charge on any atom is 0.0391 e. The second-order valence-electron chi connectivity index (χ2n) is 0.236. The first kappa shape index (κ1) is 8.84. The molecule has 0 aliphatic carbocycles. The van der Waals surface area contributed by atoms with Crippen LogP contribution in [0.15, 0.2) is 0 Å². The Labute approximate surface area is 32.0 Å². The zero-order valence-corrected chi connectivity index (χ0v) is 5.26. The fourth-order valence-electron chi connectivity index (χ4n) is 0. The molecule has 0 aromatic rings. The molecule has 4 heavy (non-hydrogen) atoms. The summed E-state index contributed by atoms with van der Waals surface area (Å²) in [6.45, 7) is 0. The SMILES string of the molecule is COP.P. The predicted molar refractivity (Wildman–Crippen MR) is 27.8 cm³/mol. The van der Waals surface area contributed by atoms with E-state index in [4.69, 9.17) is 0 Å². The minimum Gasteiger partial charge on any atom is -0.369 e. The number of hydrogen-bond acceptors (Lipinski definition) is 1. The summed E-state index contributed by atoms with van der Waals surface area (Å²) in [6, 6.07) is 0. The van der Waals surface area contributed by atoms with E-state index in [0.717, 1.165) is 0 Å². The van der Waals surface area contributed by atoms with Gasteiger partial charge in [-0.3, -0.25) is 0 Å². The molecule has 28 valence electrons. The van der Waals surface area contributed by atoms with Crippen LogP contribution in [0.25, 0.3) is 0 Å². The first-order chi connectivity index (χ1) is 1.41. The van der Waals surface area contributed by atoms with Gasteiger partial charge in [-0.2, -0.15) is 9.90 Å². The maximum atomic E-state index is 4.17. The lowest BCUT2D eigenvalue weighted by atomic mass is 11.8. The van der Waals surface area contributed by atoms with Gasteiger partial charge in [0.2, 0.25) is 0 Å². The van der Waals surface area contributed by atoms with Crippen molar-refractivity contribution < 1.29 is 4.52 Å². The monoisotopic (exact) mass is 98.0 g/mol. The molecule has 0 spiro atoms. The predicted octanol–water partition coefficient (Wildman–Crippen LogP) is 0.481. The van der Waals surface area contributed by atoms with Crippen LogP contribution in [0.2, 0.25) is 0 Å². The molecule has 0 bridgehead atoms. The van der Waals surface area contributed by atoms with Crippen molar-refractivity contribution in [2.75, 3.05) is 7.11 Å². The van der Waals surface area contributed by atoms with Gasteiger partial charge in [-0.1, -0.05) is 0 Å². The van der Waals surface area contributed by atoms with Gasteiger partial charge in [-0.15, -0.1) is 0 Å². The van der Waals surface area contributed by atoms with Crippen molar-refractivity contribution in [1.82, 2.24) is 0 Å². The minimum absolute atomic E-state index is 0. The second-order valence-corrected chi connectivity index (χ2v) is 0.707. The molecule has 0 aromatic carbocycles. The summed E-state index contributed by atoms with van der Waals surface area (Å²) in [5, 5.41) is 0. The Balaban J connectivity index is 0. The Morgan fingerprint density at radius 1 is 1.75 bits per heavy atom. The van der Waals surface area contributed by atoms with Gasteiger partial charge in [0.1, 0.15) is 0 Å². The summed E-state index contributed by atoms with van der Waals surface area (Å²) in [5.41, 5.74) is 0. The van der Waals surface area contributed by atoms with Crippen LogP contribution >= 0.6 is 19.4 Å². The Bertz CT molecular complexity index is 6.00. The molecule has 0 heterocycles. The maximum absolute atomic E-state index is 4.17. The first-order valence-electron chi connectivity index (χ1n) is 0.644. The molecule has 1 nitrogen and oxygen atoms in total. The van der Waals surface area contributed by atoms with Crippen LogP contribution in [-0.2, 0) is 4.52 Å². The summed E-state index contributed by atoms with van der Waals surface area (Å²) in [4.78, 5) is 0. The van der Waals surface area contributed by atoms with Crippen LogP contribution in [0, 0.1) is 0 Å². The molecule has 2 unspecified atom stereocenters. The highest BCUT2D eigenvalue weighted by molar-refractivity contribution is 7.09. The van der Waals surface area contributed by atoms with Crippen LogP contribution in [-0.4, -0.2) is 7.11 Å². The molecule has 0 N–H and O–H groups in total. The Morgan fingerprint density at radius 2 is 1.75 bits per heavy atom. The summed E-state index contributed by atoms with van der Waals surface area (Å²) in [7, 11) is 3.67. The average Bonchev–Trinajstić information content (AvgIpc) is 0.918. The molecule has 0 aliphatic rings. The lowest BCUT2D eigenvalue weighted by molar-refractivity contribution is 0.488. The molecule has 0 aliphatic heterocycles. The summed E-state index contributed by atoms with van der Waals surface area (Å²) >= 11 is 0. The molecule has 2 atom stereocenters. The largest absolute Gasteiger partial charge is 0.369 e. The molecule has 0 aromatic heterocycles. The van der Waals surface area contributed by atoms with Crippen molar-refractivity contribution in [3.05, 3.63) is 0 Å². The first-order valence-corrected chi connectivity index (χ1v) is 1.12. The molecule has 0 radical (unpaired) electrons. The van der Waals surface area contributed by atoms with Gasteiger partial charge in [-0.05, 0) is 9.47 Å². The van der Waals surface area contributed by atoms with E-state index in [2.05, 4.69) is 14.0 Å². The van der Waals surface area contributed by atoms with E-state index in [1.54, 1.807) is 7.11 Å². The van der Waals surface area contributed by atoms with E-state index in [1.807, 2.05) is 0 Å². The third-order valence-corrected chi connectivity index (χ3v) is 0. The van der Waals surface area contributed by atoms with Crippen molar-refractivity contribution in [3.8, 4) is 0 Å². The van der Waals surface area contributed by atoms with Crippen molar-refractivity contribution >= 4 is 19.4 Å². The van der Waals surface area contributed by atoms with Crippen LogP contribution in [0.1, 0.15) is 0 Å². The van der Waals surface area contributed by atoms with Crippen LogP contribution < -0.4 is 0 Å². The fourth-order valence-corrected chi connectivity index (χ4v) is 0. The van der Waals surface area contributed by atoms with Crippen molar-refractivity contribution in [2.45, 2.75) is 0 Å². The summed E-state index contributed by atoms with van der Waals surface area (Å²) in [6.07, 6.45) is 0. The third-order valence-electron chi connectivity index (χ3n) is 0. The van der Waals surface area contributed by atoms with Crippen LogP contribution in [0.4, 0.5) is 0 Å².